The van der Waals surface area contributed by atoms with Crippen molar-refractivity contribution in [3.05, 3.63) is 31.2 Å². The summed E-state index contributed by atoms with van der Waals surface area (Å²) < 4.78 is 6.64. The summed E-state index contributed by atoms with van der Waals surface area (Å²) in [5.74, 6) is 0.560. The first kappa shape index (κ1) is 15.4. The van der Waals surface area contributed by atoms with E-state index in [1.165, 1.54) is 12.1 Å². The summed E-state index contributed by atoms with van der Waals surface area (Å²) in [6.45, 7) is 0.694. The first-order valence-corrected chi connectivity index (χ1v) is 7.02. The molecule has 100 valence electrons. The Kier molecular flexibility index (Phi) is 6.59. The van der Waals surface area contributed by atoms with Crippen LogP contribution in [0.2, 0.25) is 0 Å². The summed E-state index contributed by atoms with van der Waals surface area (Å²) in [6.07, 6.45) is 2.47. The van der Waals surface area contributed by atoms with E-state index >= 15 is 0 Å². The quantitative estimate of drug-likeness (QED) is 0.443. The summed E-state index contributed by atoms with van der Waals surface area (Å²) in [5, 5.41) is 19.3. The van der Waals surface area contributed by atoms with Gasteiger partial charge in [-0.3, -0.25) is 10.1 Å². The molecule has 0 aliphatic rings. The van der Waals surface area contributed by atoms with Crippen molar-refractivity contribution in [3.8, 4) is 5.75 Å². The molecule has 7 heteroatoms. The number of nitrogens with zero attached hydrogens (tertiary/aromatic N) is 1. The first-order chi connectivity index (χ1) is 8.56. The van der Waals surface area contributed by atoms with E-state index in [0.29, 0.717) is 21.3 Å². The standard InChI is InChI=1S/C11H13Br2NO4/c12-9-6-8(14(16)17)7-10(13)11(9)18-5-3-1-2-4-15/h6-7,15H,1-5H2. The lowest BCUT2D eigenvalue weighted by Gasteiger charge is -2.10. The first-order valence-electron chi connectivity index (χ1n) is 5.43. The van der Waals surface area contributed by atoms with Crippen molar-refractivity contribution >= 4 is 37.5 Å². The van der Waals surface area contributed by atoms with Gasteiger partial charge >= 0.3 is 0 Å². The lowest BCUT2D eigenvalue weighted by molar-refractivity contribution is -0.385. The van der Waals surface area contributed by atoms with E-state index < -0.39 is 4.92 Å². The monoisotopic (exact) mass is 381 g/mol. The molecule has 0 amide bonds. The second-order valence-electron chi connectivity index (χ2n) is 3.63. The number of ether oxygens (including phenoxy) is 1. The molecule has 1 N–H and O–H groups in total. The SMILES string of the molecule is O=[N+]([O-])c1cc(Br)c(OCCCCCO)c(Br)c1. The minimum Gasteiger partial charge on any atom is -0.491 e. The van der Waals surface area contributed by atoms with Crippen LogP contribution in [-0.4, -0.2) is 23.2 Å². The van der Waals surface area contributed by atoms with Crippen molar-refractivity contribution in [2.75, 3.05) is 13.2 Å². The number of aliphatic hydroxyl groups is 1. The predicted octanol–water partition coefficient (Wildman–Crippen LogP) is 3.66. The highest BCUT2D eigenvalue weighted by atomic mass is 79.9. The summed E-state index contributed by atoms with van der Waals surface area (Å²) >= 11 is 6.50. The second-order valence-corrected chi connectivity index (χ2v) is 5.34. The van der Waals surface area contributed by atoms with Crippen LogP contribution in [0.4, 0.5) is 5.69 Å². The molecular formula is C11H13Br2NO4. The van der Waals surface area contributed by atoms with Gasteiger partial charge in [-0.15, -0.1) is 0 Å². The number of unbranched alkanes of at least 4 members (excludes halogenated alkanes) is 2. The second kappa shape index (κ2) is 7.70. The molecule has 0 unspecified atom stereocenters. The molecule has 0 radical (unpaired) electrons. The molecule has 5 nitrogen and oxygen atoms in total. The molecule has 18 heavy (non-hydrogen) atoms. The van der Waals surface area contributed by atoms with Gasteiger partial charge in [0, 0.05) is 18.7 Å². The lowest BCUT2D eigenvalue weighted by Crippen LogP contribution is -2.00. The lowest BCUT2D eigenvalue weighted by atomic mass is 10.2. The molecule has 0 atom stereocenters. The molecule has 1 aromatic carbocycles. The van der Waals surface area contributed by atoms with Gasteiger partial charge in [-0.25, -0.2) is 0 Å². The van der Waals surface area contributed by atoms with E-state index in [1.807, 2.05) is 0 Å². The van der Waals surface area contributed by atoms with Crippen LogP contribution in [-0.2, 0) is 0 Å². The van der Waals surface area contributed by atoms with Gasteiger partial charge in [0.05, 0.1) is 20.5 Å². The Morgan fingerprint density at radius 1 is 1.22 bits per heavy atom. The number of hydrogen-bond acceptors (Lipinski definition) is 4. The molecule has 1 aromatic rings. The number of benzene rings is 1. The van der Waals surface area contributed by atoms with Crippen LogP contribution >= 0.6 is 31.9 Å². The van der Waals surface area contributed by atoms with E-state index in [4.69, 9.17) is 9.84 Å². The third kappa shape index (κ3) is 4.55. The van der Waals surface area contributed by atoms with E-state index in [2.05, 4.69) is 31.9 Å². The average molecular weight is 383 g/mol. The largest absolute Gasteiger partial charge is 0.491 e. The van der Waals surface area contributed by atoms with Crippen LogP contribution in [0, 0.1) is 10.1 Å². The molecule has 0 saturated carbocycles. The highest BCUT2D eigenvalue weighted by Gasteiger charge is 2.14. The van der Waals surface area contributed by atoms with Gasteiger partial charge < -0.3 is 9.84 Å². The third-order valence-electron chi connectivity index (χ3n) is 2.24. The predicted molar refractivity (Wildman–Crippen MR) is 74.9 cm³/mol. The van der Waals surface area contributed by atoms with E-state index in [-0.39, 0.29) is 12.3 Å². The molecule has 0 aliphatic carbocycles. The molecule has 1 rings (SSSR count). The zero-order valence-electron chi connectivity index (χ0n) is 9.57. The fourth-order valence-corrected chi connectivity index (χ4v) is 2.75. The van der Waals surface area contributed by atoms with Gasteiger partial charge in [0.2, 0.25) is 0 Å². The fraction of sp³-hybridized carbons (Fsp3) is 0.455. The van der Waals surface area contributed by atoms with Crippen molar-refractivity contribution in [1.29, 1.82) is 0 Å². The van der Waals surface area contributed by atoms with Gasteiger partial charge in [-0.05, 0) is 51.1 Å². The van der Waals surface area contributed by atoms with Crippen LogP contribution < -0.4 is 4.74 Å². The highest BCUT2D eigenvalue weighted by Crippen LogP contribution is 2.37. The molecule has 0 spiro atoms. The Morgan fingerprint density at radius 2 is 1.83 bits per heavy atom. The van der Waals surface area contributed by atoms with Crippen molar-refractivity contribution < 1.29 is 14.8 Å². The minimum atomic E-state index is -0.458. The molecule has 0 aromatic heterocycles. The van der Waals surface area contributed by atoms with Crippen LogP contribution in [0.15, 0.2) is 21.1 Å². The van der Waals surface area contributed by atoms with Crippen LogP contribution in [0.25, 0.3) is 0 Å². The summed E-state index contributed by atoms with van der Waals surface area (Å²) in [6, 6.07) is 2.82. The van der Waals surface area contributed by atoms with Gasteiger partial charge in [0.1, 0.15) is 5.75 Å². The van der Waals surface area contributed by atoms with Crippen LogP contribution in [0.3, 0.4) is 0 Å². The smallest absolute Gasteiger partial charge is 0.271 e. The average Bonchev–Trinajstić information content (AvgIpc) is 2.31. The fourth-order valence-electron chi connectivity index (χ4n) is 1.35. The molecule has 0 aliphatic heterocycles. The number of halogens is 2. The zero-order valence-corrected chi connectivity index (χ0v) is 12.7. The minimum absolute atomic E-state index is 0.00128. The number of nitro benzene ring substituents is 1. The van der Waals surface area contributed by atoms with Crippen LogP contribution in [0.5, 0.6) is 5.75 Å². The maximum atomic E-state index is 10.6. The van der Waals surface area contributed by atoms with Crippen LogP contribution in [0.1, 0.15) is 19.3 Å². The Morgan fingerprint density at radius 3 is 2.33 bits per heavy atom. The summed E-state index contributed by atoms with van der Waals surface area (Å²) in [7, 11) is 0. The Bertz CT molecular complexity index is 402. The maximum Gasteiger partial charge on any atom is 0.271 e. The zero-order chi connectivity index (χ0) is 13.5. The Labute approximate surface area is 122 Å². The third-order valence-corrected chi connectivity index (χ3v) is 3.42. The van der Waals surface area contributed by atoms with E-state index in [9.17, 15) is 10.1 Å². The molecule has 0 heterocycles. The summed E-state index contributed by atoms with van der Waals surface area (Å²) in [4.78, 5) is 10.2. The molecular weight excluding hydrogens is 370 g/mol. The van der Waals surface area contributed by atoms with E-state index in [0.717, 1.165) is 19.3 Å². The summed E-state index contributed by atoms with van der Waals surface area (Å²) in [5.41, 5.74) is 0.00128. The van der Waals surface area contributed by atoms with Gasteiger partial charge in [0.15, 0.2) is 0 Å². The highest BCUT2D eigenvalue weighted by molar-refractivity contribution is 9.11. The van der Waals surface area contributed by atoms with Gasteiger partial charge in [0.25, 0.3) is 5.69 Å². The number of rotatable bonds is 7. The number of nitro groups is 1. The van der Waals surface area contributed by atoms with Gasteiger partial charge in [-0.1, -0.05) is 0 Å². The number of hydrogen-bond donors (Lipinski definition) is 1. The topological polar surface area (TPSA) is 72.6 Å². The normalized spacial score (nSPS) is 10.4. The van der Waals surface area contributed by atoms with E-state index in [1.54, 1.807) is 0 Å². The van der Waals surface area contributed by atoms with Crippen molar-refractivity contribution in [2.45, 2.75) is 19.3 Å². The van der Waals surface area contributed by atoms with Crippen molar-refractivity contribution in [3.63, 3.8) is 0 Å². The van der Waals surface area contributed by atoms with Crippen molar-refractivity contribution in [1.82, 2.24) is 0 Å². The maximum absolute atomic E-state index is 10.6. The molecule has 0 bridgehead atoms. The molecule has 0 saturated heterocycles. The number of aliphatic hydroxyl groups excluding tert-OH is 1. The van der Waals surface area contributed by atoms with Gasteiger partial charge in [-0.2, -0.15) is 0 Å². The Hall–Kier alpha value is -0.660. The van der Waals surface area contributed by atoms with Crippen molar-refractivity contribution in [2.24, 2.45) is 0 Å². The Balaban J connectivity index is 2.63. The molecule has 0 fully saturated rings. The number of non-ortho nitro benzene ring substituents is 1.